The zero-order chi connectivity index (χ0) is 23.8. The molecule has 1 aromatic heterocycles. The number of fused-ring (bicyclic) bond motifs is 1. The summed E-state index contributed by atoms with van der Waals surface area (Å²) >= 11 is 0. The van der Waals surface area contributed by atoms with Crippen molar-refractivity contribution in [3.05, 3.63) is 30.0 Å². The summed E-state index contributed by atoms with van der Waals surface area (Å²) in [7, 11) is 4.92. The van der Waals surface area contributed by atoms with E-state index in [1.54, 1.807) is 50.5 Å². The Balaban J connectivity index is 1.69. The molecule has 2 amide bonds. The first-order valence-electron chi connectivity index (χ1n) is 11.3. The van der Waals surface area contributed by atoms with Gasteiger partial charge in [0.15, 0.2) is 5.82 Å². The van der Waals surface area contributed by atoms with Crippen LogP contribution in [0.1, 0.15) is 43.5 Å². The summed E-state index contributed by atoms with van der Waals surface area (Å²) in [6.07, 6.45) is 5.38. The third kappa shape index (κ3) is 4.44. The molecule has 1 aliphatic carbocycles. The number of carbonyl (C=O) groups excluding carboxylic acids is 2. The Morgan fingerprint density at radius 3 is 2.70 bits per heavy atom. The summed E-state index contributed by atoms with van der Waals surface area (Å²) in [5.41, 5.74) is 1.31. The number of nitrogens with one attached hydrogen (secondary N) is 2. The van der Waals surface area contributed by atoms with E-state index in [0.717, 1.165) is 12.4 Å². The number of hydrogen-bond acceptors (Lipinski definition) is 7. The molecular weight excluding hydrogens is 420 g/mol. The molecule has 0 saturated heterocycles. The van der Waals surface area contributed by atoms with Gasteiger partial charge in [-0.15, -0.1) is 0 Å². The van der Waals surface area contributed by atoms with Crippen molar-refractivity contribution in [3.8, 4) is 5.75 Å². The van der Waals surface area contributed by atoms with Crippen molar-refractivity contribution in [2.75, 3.05) is 49.4 Å². The van der Waals surface area contributed by atoms with Gasteiger partial charge in [0.1, 0.15) is 11.4 Å². The lowest BCUT2D eigenvalue weighted by Crippen LogP contribution is -2.44. The van der Waals surface area contributed by atoms with Crippen LogP contribution in [0.15, 0.2) is 24.4 Å². The maximum atomic E-state index is 13.1. The summed E-state index contributed by atoms with van der Waals surface area (Å²) in [6, 6.07) is 5.15. The smallest absolute Gasteiger partial charge is 0.251 e. The van der Waals surface area contributed by atoms with Gasteiger partial charge in [0.25, 0.3) is 5.91 Å². The average Bonchev–Trinajstić information content (AvgIpc) is 2.85. The van der Waals surface area contributed by atoms with E-state index in [9.17, 15) is 9.59 Å². The molecular formula is C24H32N6O3. The summed E-state index contributed by atoms with van der Waals surface area (Å²) in [5, 5.41) is 5.83. The average molecular weight is 453 g/mol. The van der Waals surface area contributed by atoms with Crippen molar-refractivity contribution >= 4 is 35.0 Å². The van der Waals surface area contributed by atoms with Crippen LogP contribution in [0, 0.1) is 11.3 Å². The van der Waals surface area contributed by atoms with Crippen molar-refractivity contribution in [2.45, 2.75) is 33.1 Å². The molecule has 176 valence electrons. The highest BCUT2D eigenvalue weighted by Gasteiger charge is 2.40. The minimum atomic E-state index is -0.536. The second-order valence-electron chi connectivity index (χ2n) is 9.45. The fraction of sp³-hybridized carbons (Fsp3) is 0.500. The van der Waals surface area contributed by atoms with Gasteiger partial charge in [-0.25, -0.2) is 4.98 Å². The first-order valence-corrected chi connectivity index (χ1v) is 11.3. The van der Waals surface area contributed by atoms with Crippen LogP contribution in [-0.4, -0.2) is 56.1 Å². The molecule has 2 N–H and O–H groups in total. The van der Waals surface area contributed by atoms with E-state index in [0.29, 0.717) is 41.1 Å². The molecule has 0 bridgehead atoms. The lowest BCUT2D eigenvalue weighted by molar-refractivity contribution is -0.125. The fourth-order valence-corrected chi connectivity index (χ4v) is 4.42. The second kappa shape index (κ2) is 8.88. The highest BCUT2D eigenvalue weighted by Crippen LogP contribution is 2.39. The van der Waals surface area contributed by atoms with E-state index < -0.39 is 5.41 Å². The third-order valence-corrected chi connectivity index (χ3v) is 6.52. The molecule has 1 aliphatic heterocycles. The fourth-order valence-electron chi connectivity index (χ4n) is 4.42. The lowest BCUT2D eigenvalue weighted by Gasteiger charge is -2.35. The number of ether oxygens (including phenoxy) is 1. The summed E-state index contributed by atoms with van der Waals surface area (Å²) in [6.45, 7) is 5.44. The van der Waals surface area contributed by atoms with Crippen molar-refractivity contribution in [3.63, 3.8) is 0 Å². The molecule has 1 saturated carbocycles. The second-order valence-corrected chi connectivity index (χ2v) is 9.45. The van der Waals surface area contributed by atoms with Gasteiger partial charge < -0.3 is 25.2 Å². The van der Waals surface area contributed by atoms with Crippen LogP contribution in [-0.2, 0) is 4.79 Å². The Morgan fingerprint density at radius 1 is 1.30 bits per heavy atom. The van der Waals surface area contributed by atoms with Crippen molar-refractivity contribution in [1.29, 1.82) is 0 Å². The van der Waals surface area contributed by atoms with E-state index >= 15 is 0 Å². The van der Waals surface area contributed by atoms with E-state index in [-0.39, 0.29) is 11.8 Å². The van der Waals surface area contributed by atoms with Crippen LogP contribution < -0.4 is 25.2 Å². The number of aromatic nitrogens is 2. The maximum absolute atomic E-state index is 13.1. The predicted molar refractivity (Wildman–Crippen MR) is 128 cm³/mol. The summed E-state index contributed by atoms with van der Waals surface area (Å²) < 4.78 is 5.48. The molecule has 2 aromatic rings. The highest BCUT2D eigenvalue weighted by molar-refractivity contribution is 6.00. The van der Waals surface area contributed by atoms with E-state index in [2.05, 4.69) is 20.5 Å². The summed E-state index contributed by atoms with van der Waals surface area (Å²) in [5.74, 6) is 2.14. The van der Waals surface area contributed by atoms with Gasteiger partial charge in [-0.1, -0.05) is 6.42 Å². The molecule has 4 rings (SSSR count). The normalized spacial score (nSPS) is 17.7. The largest absolute Gasteiger partial charge is 0.495 e. The molecule has 0 unspecified atom stereocenters. The molecule has 2 heterocycles. The SMILES string of the molecule is CNC(=O)c1ccc(Nc2ncc3c(n2)N(CC2CCC2)CC(C)(C)C(=O)N3C)c(OC)c1. The van der Waals surface area contributed by atoms with Crippen LogP contribution in [0.4, 0.5) is 23.1 Å². The van der Waals surface area contributed by atoms with Crippen molar-refractivity contribution in [2.24, 2.45) is 11.3 Å². The number of rotatable bonds is 6. The minimum Gasteiger partial charge on any atom is -0.495 e. The van der Waals surface area contributed by atoms with Crippen molar-refractivity contribution < 1.29 is 14.3 Å². The standard InChI is InChI=1S/C24H32N6O3/c1-24(2)14-30(13-15-7-6-8-15)20-18(29(4)22(24)32)12-26-23(28-20)27-17-10-9-16(21(31)25-3)11-19(17)33-5/h9-12,15H,6-8,13-14H2,1-5H3,(H,25,31)(H,26,27,28). The van der Waals surface area contributed by atoms with E-state index in [1.807, 2.05) is 13.8 Å². The number of carbonyl (C=O) groups is 2. The van der Waals surface area contributed by atoms with Crippen LogP contribution in [0.5, 0.6) is 5.75 Å². The monoisotopic (exact) mass is 452 g/mol. The Morgan fingerprint density at radius 2 is 2.06 bits per heavy atom. The highest BCUT2D eigenvalue weighted by atomic mass is 16.5. The van der Waals surface area contributed by atoms with E-state index in [4.69, 9.17) is 9.72 Å². The summed E-state index contributed by atoms with van der Waals surface area (Å²) in [4.78, 5) is 38.3. The first-order chi connectivity index (χ1) is 15.7. The molecule has 1 fully saturated rings. The molecule has 2 aliphatic rings. The number of amides is 2. The van der Waals surface area contributed by atoms with Gasteiger partial charge in [0, 0.05) is 32.7 Å². The Hall–Kier alpha value is -3.36. The topological polar surface area (TPSA) is 99.7 Å². The van der Waals surface area contributed by atoms with Gasteiger partial charge in [-0.2, -0.15) is 4.98 Å². The van der Waals surface area contributed by atoms with Crippen LogP contribution >= 0.6 is 0 Å². The van der Waals surface area contributed by atoms with Gasteiger partial charge >= 0.3 is 0 Å². The number of methoxy groups -OCH3 is 1. The van der Waals surface area contributed by atoms with Gasteiger partial charge in [-0.3, -0.25) is 9.59 Å². The first kappa shape index (κ1) is 22.8. The Bertz CT molecular complexity index is 1070. The number of nitrogens with zero attached hydrogens (tertiary/aromatic N) is 4. The Labute approximate surface area is 194 Å². The zero-order valence-corrected chi connectivity index (χ0v) is 19.9. The van der Waals surface area contributed by atoms with Crippen LogP contribution in [0.2, 0.25) is 0 Å². The minimum absolute atomic E-state index is 0.0515. The maximum Gasteiger partial charge on any atom is 0.251 e. The van der Waals surface area contributed by atoms with E-state index in [1.165, 1.54) is 19.3 Å². The van der Waals surface area contributed by atoms with Crippen molar-refractivity contribution in [1.82, 2.24) is 15.3 Å². The van der Waals surface area contributed by atoms with Gasteiger partial charge in [-0.05, 0) is 50.8 Å². The third-order valence-electron chi connectivity index (χ3n) is 6.52. The molecule has 0 radical (unpaired) electrons. The zero-order valence-electron chi connectivity index (χ0n) is 19.9. The number of benzene rings is 1. The molecule has 9 nitrogen and oxygen atoms in total. The van der Waals surface area contributed by atoms with Crippen LogP contribution in [0.3, 0.4) is 0 Å². The molecule has 0 atom stereocenters. The van der Waals surface area contributed by atoms with Gasteiger partial charge in [0.05, 0.1) is 24.4 Å². The number of anilines is 4. The molecule has 9 heteroatoms. The molecule has 33 heavy (non-hydrogen) atoms. The van der Waals surface area contributed by atoms with Crippen LogP contribution in [0.25, 0.3) is 0 Å². The number of hydrogen-bond donors (Lipinski definition) is 2. The quantitative estimate of drug-likeness (QED) is 0.694. The molecule has 1 aromatic carbocycles. The predicted octanol–water partition coefficient (Wildman–Crippen LogP) is 3.20. The van der Waals surface area contributed by atoms with Gasteiger partial charge in [0.2, 0.25) is 11.9 Å². The lowest BCUT2D eigenvalue weighted by atomic mass is 9.84. The Kier molecular flexibility index (Phi) is 6.14. The molecule has 0 spiro atoms.